The molecule has 1 aromatic heterocycles. The van der Waals surface area contributed by atoms with Gasteiger partial charge in [-0.3, -0.25) is 9.69 Å². The van der Waals surface area contributed by atoms with Crippen LogP contribution in [0.2, 0.25) is 0 Å². The Morgan fingerprint density at radius 2 is 1.65 bits per heavy atom. The van der Waals surface area contributed by atoms with Gasteiger partial charge in [0.15, 0.2) is 5.82 Å². The van der Waals surface area contributed by atoms with E-state index in [-0.39, 0.29) is 12.5 Å². The largest absolute Gasteiger partial charge is 0.488 e. The van der Waals surface area contributed by atoms with Crippen molar-refractivity contribution in [2.45, 2.75) is 54.1 Å². The maximum atomic E-state index is 11.4. The van der Waals surface area contributed by atoms with E-state index in [1.54, 1.807) is 0 Å². The van der Waals surface area contributed by atoms with E-state index < -0.39 is 0 Å². The zero-order valence-electron chi connectivity index (χ0n) is 23.0. The van der Waals surface area contributed by atoms with Crippen LogP contribution in [-0.2, 0) is 11.4 Å². The van der Waals surface area contributed by atoms with Crippen LogP contribution in [0.4, 0.5) is 5.82 Å². The van der Waals surface area contributed by atoms with E-state index >= 15 is 0 Å². The molecule has 7 heteroatoms. The van der Waals surface area contributed by atoms with E-state index in [0.29, 0.717) is 12.5 Å². The van der Waals surface area contributed by atoms with Gasteiger partial charge < -0.3 is 15.4 Å². The topological polar surface area (TPSA) is 84.6 Å². The van der Waals surface area contributed by atoms with E-state index in [1.807, 2.05) is 6.92 Å². The first-order valence-corrected chi connectivity index (χ1v) is 13.1. The Bertz CT molecular complexity index is 1260. The summed E-state index contributed by atoms with van der Waals surface area (Å²) < 4.78 is 6.41. The highest BCUT2D eigenvalue weighted by molar-refractivity contribution is 5.76. The summed E-state index contributed by atoms with van der Waals surface area (Å²) in [5, 5.41) is 0. The normalized spacial score (nSPS) is 14.3. The summed E-state index contributed by atoms with van der Waals surface area (Å²) in [4.78, 5) is 25.9. The molecule has 0 bridgehead atoms. The molecule has 7 nitrogen and oxygen atoms in total. The Kier molecular flexibility index (Phi) is 8.13. The number of anilines is 1. The Labute approximate surface area is 220 Å². The second kappa shape index (κ2) is 11.3. The summed E-state index contributed by atoms with van der Waals surface area (Å²) in [6.45, 7) is 16.4. The van der Waals surface area contributed by atoms with E-state index in [0.717, 1.165) is 77.1 Å². The number of primary amides is 1. The Balaban J connectivity index is 1.70. The summed E-state index contributed by atoms with van der Waals surface area (Å²) in [6, 6.07) is 12.7. The van der Waals surface area contributed by atoms with Gasteiger partial charge in [-0.05, 0) is 61.9 Å². The SMILES string of the molecule is Cc1ccc(C(C)C)cc1OCc1c(C)nc(-c2c(C)cccc2C)nc1N1CCN(CC(N)=O)CC1. The van der Waals surface area contributed by atoms with Crippen molar-refractivity contribution in [3.05, 3.63) is 69.9 Å². The quantitative estimate of drug-likeness (QED) is 0.482. The highest BCUT2D eigenvalue weighted by atomic mass is 16.5. The van der Waals surface area contributed by atoms with Crippen LogP contribution < -0.4 is 15.4 Å². The molecule has 0 aliphatic carbocycles. The molecular weight excluding hydrogens is 462 g/mol. The molecule has 37 heavy (non-hydrogen) atoms. The van der Waals surface area contributed by atoms with Crippen molar-refractivity contribution >= 4 is 11.7 Å². The van der Waals surface area contributed by atoms with Crippen LogP contribution in [0.15, 0.2) is 36.4 Å². The highest BCUT2D eigenvalue weighted by Crippen LogP contribution is 2.31. The standard InChI is InChI=1S/C30H39N5O2/c1-19(2)24-11-10-20(3)26(16-24)37-18-25-23(6)32-29(28-21(4)8-7-9-22(28)5)33-30(25)35-14-12-34(13-15-35)17-27(31)36/h7-11,16,19H,12-15,17-18H2,1-6H3,(H2,31,36). The molecule has 1 saturated heterocycles. The first kappa shape index (κ1) is 26.6. The third kappa shape index (κ3) is 6.10. The van der Waals surface area contributed by atoms with E-state index in [1.165, 1.54) is 5.56 Å². The van der Waals surface area contributed by atoms with Crippen LogP contribution in [0.5, 0.6) is 5.75 Å². The van der Waals surface area contributed by atoms with Gasteiger partial charge >= 0.3 is 0 Å². The molecule has 1 aliphatic heterocycles. The van der Waals surface area contributed by atoms with Gasteiger partial charge in [0.25, 0.3) is 0 Å². The van der Waals surface area contributed by atoms with Gasteiger partial charge in [-0.25, -0.2) is 9.97 Å². The number of nitrogens with two attached hydrogens (primary N) is 1. The molecule has 2 heterocycles. The molecule has 0 spiro atoms. The fourth-order valence-electron chi connectivity index (χ4n) is 4.91. The minimum Gasteiger partial charge on any atom is -0.488 e. The molecule has 2 N–H and O–H groups in total. The number of aryl methyl sites for hydroxylation is 4. The van der Waals surface area contributed by atoms with Crippen molar-refractivity contribution in [3.8, 4) is 17.1 Å². The zero-order chi connectivity index (χ0) is 26.7. The van der Waals surface area contributed by atoms with Gasteiger partial charge in [0.05, 0.1) is 17.8 Å². The minimum atomic E-state index is -0.295. The fourth-order valence-corrected chi connectivity index (χ4v) is 4.91. The lowest BCUT2D eigenvalue weighted by Crippen LogP contribution is -2.49. The minimum absolute atomic E-state index is 0.283. The third-order valence-corrected chi connectivity index (χ3v) is 7.20. The van der Waals surface area contributed by atoms with Crippen LogP contribution in [0.3, 0.4) is 0 Å². The van der Waals surface area contributed by atoms with Gasteiger partial charge in [-0.1, -0.05) is 44.2 Å². The summed E-state index contributed by atoms with van der Waals surface area (Å²) >= 11 is 0. The van der Waals surface area contributed by atoms with Gasteiger partial charge in [0.2, 0.25) is 5.91 Å². The van der Waals surface area contributed by atoms with E-state index in [9.17, 15) is 4.79 Å². The molecule has 1 amide bonds. The second-order valence-corrected chi connectivity index (χ2v) is 10.4. The Morgan fingerprint density at radius 1 is 0.973 bits per heavy atom. The molecular formula is C30H39N5O2. The van der Waals surface area contributed by atoms with Gasteiger partial charge in [0, 0.05) is 31.7 Å². The number of hydrogen-bond donors (Lipinski definition) is 1. The molecule has 0 unspecified atom stereocenters. The number of carbonyl (C=O) groups excluding carboxylic acids is 1. The van der Waals surface area contributed by atoms with E-state index in [2.05, 4.69) is 80.8 Å². The molecule has 1 aliphatic rings. The van der Waals surface area contributed by atoms with Crippen LogP contribution >= 0.6 is 0 Å². The molecule has 3 aromatic rings. The van der Waals surface area contributed by atoms with Crippen molar-refractivity contribution in [2.75, 3.05) is 37.6 Å². The number of rotatable bonds is 8. The number of aromatic nitrogens is 2. The van der Waals surface area contributed by atoms with Crippen molar-refractivity contribution < 1.29 is 9.53 Å². The van der Waals surface area contributed by atoms with Crippen molar-refractivity contribution in [1.29, 1.82) is 0 Å². The second-order valence-electron chi connectivity index (χ2n) is 10.4. The molecule has 0 radical (unpaired) electrons. The maximum Gasteiger partial charge on any atom is 0.231 e. The zero-order valence-corrected chi connectivity index (χ0v) is 23.0. The predicted molar refractivity (Wildman–Crippen MR) is 149 cm³/mol. The van der Waals surface area contributed by atoms with Gasteiger partial charge in [-0.2, -0.15) is 0 Å². The van der Waals surface area contributed by atoms with Gasteiger partial charge in [-0.15, -0.1) is 0 Å². The van der Waals surface area contributed by atoms with Crippen molar-refractivity contribution in [1.82, 2.24) is 14.9 Å². The average molecular weight is 502 g/mol. The van der Waals surface area contributed by atoms with Crippen molar-refractivity contribution in [2.24, 2.45) is 5.73 Å². The van der Waals surface area contributed by atoms with Crippen molar-refractivity contribution in [3.63, 3.8) is 0 Å². The summed E-state index contributed by atoms with van der Waals surface area (Å²) in [7, 11) is 0. The highest BCUT2D eigenvalue weighted by Gasteiger charge is 2.25. The maximum absolute atomic E-state index is 11.4. The number of amides is 1. The first-order chi connectivity index (χ1) is 17.6. The fraction of sp³-hybridized carbons (Fsp3) is 0.433. The molecule has 4 rings (SSSR count). The average Bonchev–Trinajstić information content (AvgIpc) is 2.84. The summed E-state index contributed by atoms with van der Waals surface area (Å²) in [5.41, 5.74) is 13.1. The van der Waals surface area contributed by atoms with Crippen LogP contribution in [0, 0.1) is 27.7 Å². The number of nitrogens with zero attached hydrogens (tertiary/aromatic N) is 4. The lowest BCUT2D eigenvalue weighted by molar-refractivity contribution is -0.119. The van der Waals surface area contributed by atoms with E-state index in [4.69, 9.17) is 20.4 Å². The van der Waals surface area contributed by atoms with Gasteiger partial charge in [0.1, 0.15) is 18.2 Å². The first-order valence-electron chi connectivity index (χ1n) is 13.1. The smallest absolute Gasteiger partial charge is 0.231 e. The predicted octanol–water partition coefficient (Wildman–Crippen LogP) is 4.69. The molecule has 0 saturated carbocycles. The summed E-state index contributed by atoms with van der Waals surface area (Å²) in [5.74, 6) is 2.67. The number of hydrogen-bond acceptors (Lipinski definition) is 6. The van der Waals surface area contributed by atoms with Crippen LogP contribution in [-0.4, -0.2) is 53.5 Å². The Hall–Kier alpha value is -3.45. The molecule has 2 aromatic carbocycles. The lowest BCUT2D eigenvalue weighted by atomic mass is 10.0. The Morgan fingerprint density at radius 3 is 2.27 bits per heavy atom. The number of carbonyl (C=O) groups is 1. The number of benzene rings is 2. The molecule has 196 valence electrons. The number of piperazine rings is 1. The lowest BCUT2D eigenvalue weighted by Gasteiger charge is -2.36. The molecule has 1 fully saturated rings. The van der Waals surface area contributed by atoms with Crippen LogP contribution in [0.25, 0.3) is 11.4 Å². The summed E-state index contributed by atoms with van der Waals surface area (Å²) in [6.07, 6.45) is 0. The monoisotopic (exact) mass is 501 g/mol. The third-order valence-electron chi connectivity index (χ3n) is 7.20. The number of ether oxygens (including phenoxy) is 1. The van der Waals surface area contributed by atoms with Crippen LogP contribution in [0.1, 0.15) is 53.3 Å². The molecule has 0 atom stereocenters.